The van der Waals surface area contributed by atoms with E-state index in [4.69, 9.17) is 0 Å². The summed E-state index contributed by atoms with van der Waals surface area (Å²) in [6.45, 7) is 4.76. The van der Waals surface area contributed by atoms with Gasteiger partial charge in [-0.2, -0.15) is 0 Å². The summed E-state index contributed by atoms with van der Waals surface area (Å²) in [6.07, 6.45) is 0. The molecule has 0 spiro atoms. The molecule has 254 valence electrons. The van der Waals surface area contributed by atoms with Crippen molar-refractivity contribution in [3.8, 4) is 33.4 Å². The summed E-state index contributed by atoms with van der Waals surface area (Å²) in [7, 11) is 0. The van der Waals surface area contributed by atoms with Crippen LogP contribution in [0.15, 0.2) is 206 Å². The van der Waals surface area contributed by atoms with Gasteiger partial charge in [0, 0.05) is 39.4 Å². The van der Waals surface area contributed by atoms with Crippen molar-refractivity contribution in [3.63, 3.8) is 0 Å². The van der Waals surface area contributed by atoms with Gasteiger partial charge in [0.25, 0.3) is 0 Å². The number of rotatable bonds is 8. The molecule has 1 aliphatic carbocycles. The highest BCUT2D eigenvalue weighted by Gasteiger charge is 2.40. The van der Waals surface area contributed by atoms with Gasteiger partial charge in [-0.3, -0.25) is 0 Å². The van der Waals surface area contributed by atoms with E-state index in [0.29, 0.717) is 0 Å². The molecule has 0 bridgehead atoms. The molecule has 0 atom stereocenters. The Kier molecular flexibility index (Phi) is 8.21. The molecule has 2 nitrogen and oxygen atoms in total. The summed E-state index contributed by atoms with van der Waals surface area (Å²) < 4.78 is 0. The summed E-state index contributed by atoms with van der Waals surface area (Å²) >= 11 is 0. The van der Waals surface area contributed by atoms with Crippen LogP contribution >= 0.6 is 0 Å². The molecule has 0 unspecified atom stereocenters. The molecule has 0 aliphatic heterocycles. The Bertz CT molecular complexity index is 2450. The summed E-state index contributed by atoms with van der Waals surface area (Å²) in [5.74, 6) is 0. The van der Waals surface area contributed by atoms with Crippen LogP contribution in [0.4, 0.5) is 34.1 Å². The molecule has 0 heterocycles. The lowest BCUT2D eigenvalue weighted by Gasteiger charge is -2.34. The molecule has 0 N–H and O–H groups in total. The third kappa shape index (κ3) is 5.79. The van der Waals surface area contributed by atoms with Crippen molar-refractivity contribution < 1.29 is 0 Å². The van der Waals surface area contributed by atoms with E-state index in [1.807, 2.05) is 0 Å². The fraction of sp³-hybridized carbons (Fsp3) is 0.0588. The van der Waals surface area contributed by atoms with Gasteiger partial charge >= 0.3 is 0 Å². The third-order valence-electron chi connectivity index (χ3n) is 10.6. The average molecular weight is 681 g/mol. The smallest absolute Gasteiger partial charge is 0.0587 e. The predicted octanol–water partition coefficient (Wildman–Crippen LogP) is 14.3. The minimum Gasteiger partial charge on any atom is -0.311 e. The van der Waals surface area contributed by atoms with Crippen LogP contribution in [0.5, 0.6) is 0 Å². The van der Waals surface area contributed by atoms with Gasteiger partial charge in [-0.1, -0.05) is 159 Å². The second-order valence-corrected chi connectivity index (χ2v) is 14.2. The molecule has 53 heavy (non-hydrogen) atoms. The highest BCUT2D eigenvalue weighted by molar-refractivity contribution is 5.98. The van der Waals surface area contributed by atoms with Crippen LogP contribution < -0.4 is 9.80 Å². The van der Waals surface area contributed by atoms with Crippen LogP contribution in [-0.2, 0) is 5.41 Å². The molecule has 8 aromatic carbocycles. The van der Waals surface area contributed by atoms with Crippen LogP contribution in [0, 0.1) is 0 Å². The summed E-state index contributed by atoms with van der Waals surface area (Å²) in [5.41, 5.74) is 16.6. The molecular formula is C51H40N2. The zero-order valence-electron chi connectivity index (χ0n) is 30.0. The highest BCUT2D eigenvalue weighted by atomic mass is 15.2. The SMILES string of the molecule is CC1(C)c2ccccc2-c2ccc(-c3ccc(N(c4ccccc4)c4ccccc4)cc3)c(N(c3ccccc3)c3ccc(-c4ccccc4)cc3)c21. The molecule has 0 saturated carbocycles. The first-order valence-electron chi connectivity index (χ1n) is 18.4. The Hall–Kier alpha value is -6.64. The number of hydrogen-bond donors (Lipinski definition) is 0. The predicted molar refractivity (Wildman–Crippen MR) is 224 cm³/mol. The monoisotopic (exact) mass is 680 g/mol. The van der Waals surface area contributed by atoms with E-state index in [1.165, 1.54) is 50.2 Å². The number of benzene rings is 8. The molecule has 0 fully saturated rings. The lowest BCUT2D eigenvalue weighted by molar-refractivity contribution is 0.661. The minimum atomic E-state index is -0.231. The van der Waals surface area contributed by atoms with Gasteiger partial charge in [-0.05, 0) is 99.6 Å². The summed E-state index contributed by atoms with van der Waals surface area (Å²) in [5, 5.41) is 0. The number of nitrogens with zero attached hydrogens (tertiary/aromatic N) is 2. The highest BCUT2D eigenvalue weighted by Crippen LogP contribution is 2.57. The van der Waals surface area contributed by atoms with E-state index < -0.39 is 0 Å². The Balaban J connectivity index is 1.25. The average Bonchev–Trinajstić information content (AvgIpc) is 3.46. The number of para-hydroxylation sites is 3. The molecular weight excluding hydrogens is 641 g/mol. The quantitative estimate of drug-likeness (QED) is 0.158. The van der Waals surface area contributed by atoms with Crippen molar-refractivity contribution >= 4 is 34.1 Å². The van der Waals surface area contributed by atoms with Gasteiger partial charge in [0.15, 0.2) is 0 Å². The first kappa shape index (κ1) is 32.3. The van der Waals surface area contributed by atoms with Gasteiger partial charge in [-0.15, -0.1) is 0 Å². The van der Waals surface area contributed by atoms with Crippen molar-refractivity contribution in [2.45, 2.75) is 19.3 Å². The first-order chi connectivity index (χ1) is 26.1. The molecule has 2 heteroatoms. The topological polar surface area (TPSA) is 6.48 Å². The molecule has 8 aromatic rings. The molecule has 0 radical (unpaired) electrons. The van der Waals surface area contributed by atoms with Crippen LogP contribution in [0.1, 0.15) is 25.0 Å². The fourth-order valence-corrected chi connectivity index (χ4v) is 8.12. The van der Waals surface area contributed by atoms with E-state index in [2.05, 4.69) is 230 Å². The van der Waals surface area contributed by atoms with Crippen LogP contribution in [0.25, 0.3) is 33.4 Å². The molecule has 0 amide bonds. The third-order valence-corrected chi connectivity index (χ3v) is 10.6. The van der Waals surface area contributed by atoms with E-state index >= 15 is 0 Å². The first-order valence-corrected chi connectivity index (χ1v) is 18.4. The molecule has 0 aromatic heterocycles. The van der Waals surface area contributed by atoms with Crippen molar-refractivity contribution in [1.82, 2.24) is 0 Å². The zero-order valence-corrected chi connectivity index (χ0v) is 30.0. The Morgan fingerprint density at radius 2 is 0.698 bits per heavy atom. The Morgan fingerprint density at radius 1 is 0.302 bits per heavy atom. The Morgan fingerprint density at radius 3 is 1.26 bits per heavy atom. The summed E-state index contributed by atoms with van der Waals surface area (Å²) in [4.78, 5) is 4.79. The van der Waals surface area contributed by atoms with Gasteiger partial charge in [0.2, 0.25) is 0 Å². The van der Waals surface area contributed by atoms with Crippen LogP contribution in [0.3, 0.4) is 0 Å². The van der Waals surface area contributed by atoms with Crippen LogP contribution in [0.2, 0.25) is 0 Å². The van der Waals surface area contributed by atoms with E-state index in [1.54, 1.807) is 0 Å². The van der Waals surface area contributed by atoms with Gasteiger partial charge in [0.1, 0.15) is 0 Å². The minimum absolute atomic E-state index is 0.231. The van der Waals surface area contributed by atoms with Crippen LogP contribution in [-0.4, -0.2) is 0 Å². The van der Waals surface area contributed by atoms with Gasteiger partial charge in [0.05, 0.1) is 5.69 Å². The van der Waals surface area contributed by atoms with Gasteiger partial charge < -0.3 is 9.80 Å². The lowest BCUT2D eigenvalue weighted by atomic mass is 9.79. The van der Waals surface area contributed by atoms with Crippen molar-refractivity contribution in [2.24, 2.45) is 0 Å². The maximum absolute atomic E-state index is 2.48. The lowest BCUT2D eigenvalue weighted by Crippen LogP contribution is -2.21. The molecule has 9 rings (SSSR count). The van der Waals surface area contributed by atoms with Gasteiger partial charge in [-0.25, -0.2) is 0 Å². The van der Waals surface area contributed by atoms with Crippen molar-refractivity contribution in [2.75, 3.05) is 9.80 Å². The Labute approximate surface area is 312 Å². The molecule has 1 aliphatic rings. The maximum atomic E-state index is 2.48. The normalized spacial score (nSPS) is 12.5. The maximum Gasteiger partial charge on any atom is 0.0587 e. The van der Waals surface area contributed by atoms with E-state index in [9.17, 15) is 0 Å². The second-order valence-electron chi connectivity index (χ2n) is 14.2. The van der Waals surface area contributed by atoms with Crippen molar-refractivity contribution in [3.05, 3.63) is 217 Å². The largest absolute Gasteiger partial charge is 0.311 e. The van der Waals surface area contributed by atoms with Crippen molar-refractivity contribution in [1.29, 1.82) is 0 Å². The number of anilines is 6. The fourth-order valence-electron chi connectivity index (χ4n) is 8.12. The summed E-state index contributed by atoms with van der Waals surface area (Å²) in [6, 6.07) is 74.4. The number of hydrogen-bond acceptors (Lipinski definition) is 2. The zero-order chi connectivity index (χ0) is 35.8. The molecule has 0 saturated heterocycles. The standard InChI is InChI=1S/C51H40N2/c1-51(2)48-26-16-15-25-46(48)47-36-35-45(39-29-33-43(34-30-39)52(40-19-9-4-10-20-40)41-21-11-5-12-22-41)50(49(47)51)53(42-23-13-6-14-24-42)44-31-27-38(28-32-44)37-17-7-3-8-18-37/h3-36H,1-2H3. The van der Waals surface area contributed by atoms with E-state index in [0.717, 1.165) is 28.4 Å². The second kappa shape index (κ2) is 13.5. The van der Waals surface area contributed by atoms with E-state index in [-0.39, 0.29) is 5.41 Å². The number of fused-ring (bicyclic) bond motifs is 3.